The highest BCUT2D eigenvalue weighted by Crippen LogP contribution is 2.40. The Morgan fingerprint density at radius 1 is 1.10 bits per heavy atom. The van der Waals surface area contributed by atoms with E-state index in [1.807, 2.05) is 12.1 Å². The smallest absolute Gasteiger partial charge is 0.140 e. The molecule has 0 bridgehead atoms. The summed E-state index contributed by atoms with van der Waals surface area (Å²) in [5.41, 5.74) is 1.32. The molecule has 0 atom stereocenters. The van der Waals surface area contributed by atoms with Crippen molar-refractivity contribution in [1.29, 1.82) is 0 Å². The van der Waals surface area contributed by atoms with Gasteiger partial charge in [0.25, 0.3) is 0 Å². The molecule has 0 saturated heterocycles. The summed E-state index contributed by atoms with van der Waals surface area (Å²) in [7, 11) is 0. The van der Waals surface area contributed by atoms with Crippen LogP contribution in [0.4, 0.5) is 0 Å². The fourth-order valence-corrected chi connectivity index (χ4v) is 3.60. The zero-order valence-corrected chi connectivity index (χ0v) is 14.6. The summed E-state index contributed by atoms with van der Waals surface area (Å²) in [5, 5.41) is 1.07. The molecule has 116 valence electrons. The van der Waals surface area contributed by atoms with Gasteiger partial charge in [-0.3, -0.25) is 4.79 Å². The normalized spacial score (nSPS) is 23.1. The average Bonchev–Trinajstić information content (AvgIpc) is 2.42. The predicted octanol–water partition coefficient (Wildman–Crippen LogP) is 5.96. The molecule has 1 fully saturated rings. The maximum absolute atomic E-state index is 12.4. The second-order valence-corrected chi connectivity index (χ2v) is 8.12. The lowest BCUT2D eigenvalue weighted by Gasteiger charge is -2.36. The van der Waals surface area contributed by atoms with Crippen molar-refractivity contribution in [3.63, 3.8) is 0 Å². The molecule has 0 radical (unpaired) electrons. The molecule has 1 aromatic carbocycles. The molecule has 1 saturated carbocycles. The minimum absolute atomic E-state index is 0.220. The molecular formula is C18H24Cl2O. The van der Waals surface area contributed by atoms with Gasteiger partial charge >= 0.3 is 0 Å². The third-order valence-electron chi connectivity index (χ3n) is 4.77. The van der Waals surface area contributed by atoms with Crippen molar-refractivity contribution in [2.24, 2.45) is 17.3 Å². The van der Waals surface area contributed by atoms with Crippen molar-refractivity contribution in [3.8, 4) is 0 Å². The minimum atomic E-state index is 0.220. The van der Waals surface area contributed by atoms with Crippen molar-refractivity contribution in [2.45, 2.75) is 52.9 Å². The van der Waals surface area contributed by atoms with Gasteiger partial charge in [-0.1, -0.05) is 50.0 Å². The molecule has 1 aliphatic rings. The monoisotopic (exact) mass is 326 g/mol. The molecule has 0 aliphatic heterocycles. The number of hydrogen-bond donors (Lipinski definition) is 0. The summed E-state index contributed by atoms with van der Waals surface area (Å²) < 4.78 is 0. The van der Waals surface area contributed by atoms with Crippen molar-refractivity contribution in [3.05, 3.63) is 33.8 Å². The Labute approximate surface area is 138 Å². The molecule has 1 aliphatic carbocycles. The molecule has 2 rings (SSSR count). The van der Waals surface area contributed by atoms with E-state index in [1.165, 1.54) is 12.8 Å². The Morgan fingerprint density at radius 2 is 1.71 bits per heavy atom. The lowest BCUT2D eigenvalue weighted by Crippen LogP contribution is -2.29. The first kappa shape index (κ1) is 16.8. The summed E-state index contributed by atoms with van der Waals surface area (Å²) in [6.45, 7) is 6.90. The van der Waals surface area contributed by atoms with Crippen molar-refractivity contribution in [1.82, 2.24) is 0 Å². The number of benzene rings is 1. The van der Waals surface area contributed by atoms with Crippen molar-refractivity contribution in [2.75, 3.05) is 0 Å². The van der Waals surface area contributed by atoms with Crippen molar-refractivity contribution < 1.29 is 4.79 Å². The average molecular weight is 327 g/mol. The predicted molar refractivity (Wildman–Crippen MR) is 90.1 cm³/mol. The highest BCUT2D eigenvalue weighted by atomic mass is 35.5. The van der Waals surface area contributed by atoms with E-state index in [2.05, 4.69) is 20.8 Å². The van der Waals surface area contributed by atoms with Crippen LogP contribution in [-0.4, -0.2) is 5.78 Å². The van der Waals surface area contributed by atoms with Gasteiger partial charge in [0.2, 0.25) is 0 Å². The van der Waals surface area contributed by atoms with Gasteiger partial charge in [-0.05, 0) is 54.7 Å². The fourth-order valence-electron chi connectivity index (χ4n) is 3.28. The number of rotatable bonds is 3. The first-order valence-electron chi connectivity index (χ1n) is 7.74. The van der Waals surface area contributed by atoms with Gasteiger partial charge in [-0.25, -0.2) is 0 Å². The number of carbonyl (C=O) groups excluding carboxylic acids is 1. The van der Waals surface area contributed by atoms with Crippen LogP contribution in [0, 0.1) is 17.3 Å². The zero-order valence-electron chi connectivity index (χ0n) is 13.1. The van der Waals surface area contributed by atoms with Crippen LogP contribution in [0.15, 0.2) is 18.2 Å². The first-order chi connectivity index (χ1) is 9.77. The molecule has 0 heterocycles. The lowest BCUT2D eigenvalue weighted by molar-refractivity contribution is -0.123. The molecule has 1 aromatic rings. The summed E-state index contributed by atoms with van der Waals surface area (Å²) in [5.74, 6) is 1.31. The maximum Gasteiger partial charge on any atom is 0.140 e. The second kappa shape index (κ2) is 6.71. The molecule has 3 heteroatoms. The van der Waals surface area contributed by atoms with Crippen LogP contribution >= 0.6 is 23.2 Å². The third kappa shape index (κ3) is 4.47. The Balaban J connectivity index is 1.92. The van der Waals surface area contributed by atoms with Gasteiger partial charge < -0.3 is 0 Å². The molecule has 21 heavy (non-hydrogen) atoms. The van der Waals surface area contributed by atoms with Gasteiger partial charge in [0.05, 0.1) is 10.0 Å². The number of ketones is 1. The quantitative estimate of drug-likeness (QED) is 0.669. The van der Waals surface area contributed by atoms with E-state index >= 15 is 0 Å². The second-order valence-electron chi connectivity index (χ2n) is 7.31. The molecule has 0 aromatic heterocycles. The van der Waals surface area contributed by atoms with Gasteiger partial charge in [-0.2, -0.15) is 0 Å². The van der Waals surface area contributed by atoms with Gasteiger partial charge in [0.1, 0.15) is 5.78 Å². The molecule has 1 nitrogen and oxygen atoms in total. The highest BCUT2D eigenvalue weighted by molar-refractivity contribution is 6.42. The fraction of sp³-hybridized carbons (Fsp3) is 0.611. The van der Waals surface area contributed by atoms with Crippen LogP contribution in [0.2, 0.25) is 10.0 Å². The minimum Gasteiger partial charge on any atom is -0.299 e. The number of halogens is 2. The highest BCUT2D eigenvalue weighted by Gasteiger charge is 2.32. The van der Waals surface area contributed by atoms with E-state index in [1.54, 1.807) is 6.07 Å². The van der Waals surface area contributed by atoms with Gasteiger partial charge in [0.15, 0.2) is 0 Å². The van der Waals surface area contributed by atoms with Crippen LogP contribution in [0.1, 0.15) is 52.0 Å². The van der Waals surface area contributed by atoms with E-state index in [0.29, 0.717) is 27.7 Å². The van der Waals surface area contributed by atoms with E-state index in [-0.39, 0.29) is 5.92 Å². The van der Waals surface area contributed by atoms with E-state index in [4.69, 9.17) is 23.2 Å². The zero-order chi connectivity index (χ0) is 15.6. The Kier molecular flexibility index (Phi) is 5.38. The Hall–Kier alpha value is -0.530. The molecule has 0 spiro atoms. The number of carbonyl (C=O) groups is 1. The summed E-state index contributed by atoms with van der Waals surface area (Å²) in [6, 6.07) is 5.47. The van der Waals surface area contributed by atoms with Gasteiger partial charge in [0, 0.05) is 12.3 Å². The van der Waals surface area contributed by atoms with E-state index in [9.17, 15) is 4.79 Å². The first-order valence-corrected chi connectivity index (χ1v) is 8.49. The summed E-state index contributed by atoms with van der Waals surface area (Å²) in [4.78, 5) is 12.4. The third-order valence-corrected chi connectivity index (χ3v) is 5.51. The number of Topliss-reactive ketones (excluding diaryl/α,β-unsaturated/α-hetero) is 1. The van der Waals surface area contributed by atoms with Crippen LogP contribution in [0.5, 0.6) is 0 Å². The largest absolute Gasteiger partial charge is 0.299 e. The lowest BCUT2D eigenvalue weighted by atomic mass is 9.69. The van der Waals surface area contributed by atoms with Gasteiger partial charge in [-0.15, -0.1) is 0 Å². The SMILES string of the molecule is CC(C)(C)C1CCC(C(=O)Cc2ccc(Cl)c(Cl)c2)CC1. The van der Waals surface area contributed by atoms with Crippen LogP contribution in [0.3, 0.4) is 0 Å². The standard InChI is InChI=1S/C18H24Cl2O/c1-18(2,3)14-7-5-13(6-8-14)17(21)11-12-4-9-15(19)16(20)10-12/h4,9-10,13-14H,5-8,11H2,1-3H3. The van der Waals surface area contributed by atoms with Crippen LogP contribution in [0.25, 0.3) is 0 Å². The van der Waals surface area contributed by atoms with Crippen molar-refractivity contribution >= 4 is 29.0 Å². The Bertz CT molecular complexity index is 508. The van der Waals surface area contributed by atoms with Crippen LogP contribution in [-0.2, 0) is 11.2 Å². The molecular weight excluding hydrogens is 303 g/mol. The number of hydrogen-bond acceptors (Lipinski definition) is 1. The summed E-state index contributed by atoms with van der Waals surface area (Å²) >= 11 is 11.9. The Morgan fingerprint density at radius 3 is 2.24 bits per heavy atom. The molecule has 0 amide bonds. The molecule has 0 unspecified atom stereocenters. The molecule has 0 N–H and O–H groups in total. The van der Waals surface area contributed by atoms with Crippen LogP contribution < -0.4 is 0 Å². The maximum atomic E-state index is 12.4. The summed E-state index contributed by atoms with van der Waals surface area (Å²) in [6.07, 6.45) is 4.87. The topological polar surface area (TPSA) is 17.1 Å². The van der Waals surface area contributed by atoms with E-state index < -0.39 is 0 Å². The van der Waals surface area contributed by atoms with E-state index in [0.717, 1.165) is 24.3 Å².